The lowest BCUT2D eigenvalue weighted by Crippen LogP contribution is -2.46. The molecule has 0 saturated heterocycles. The van der Waals surface area contributed by atoms with E-state index in [1.54, 1.807) is 0 Å². The van der Waals surface area contributed by atoms with Crippen molar-refractivity contribution in [3.63, 3.8) is 0 Å². The van der Waals surface area contributed by atoms with Gasteiger partial charge in [0.15, 0.2) is 22.2 Å². The maximum absolute atomic E-state index is 6.22. The molecule has 0 aliphatic carbocycles. The number of fused-ring (bicyclic) bond motifs is 4. The third kappa shape index (κ3) is 3.99. The van der Waals surface area contributed by atoms with E-state index >= 15 is 0 Å². The van der Waals surface area contributed by atoms with Gasteiger partial charge >= 0.3 is 0 Å². The Bertz CT molecular complexity index is 1780. The molecule has 0 bridgehead atoms. The normalized spacial score (nSPS) is 15.7. The molecule has 2 aliphatic rings. The highest BCUT2D eigenvalue weighted by Gasteiger charge is 2.42. The second-order valence-electron chi connectivity index (χ2n) is 9.87. The molecule has 8 heteroatoms. The van der Waals surface area contributed by atoms with Crippen LogP contribution in [-0.4, -0.2) is 21.5 Å². The first-order chi connectivity index (χ1) is 19.0. The Labute approximate surface area is 234 Å². The highest BCUT2D eigenvalue weighted by atomic mass is 79.9. The van der Waals surface area contributed by atoms with Gasteiger partial charge in [-0.1, -0.05) is 36.4 Å². The molecular weight excluding hydrogens is 552 g/mol. The zero-order chi connectivity index (χ0) is 26.7. The van der Waals surface area contributed by atoms with Crippen molar-refractivity contribution in [3.8, 4) is 5.69 Å². The fourth-order valence-corrected chi connectivity index (χ4v) is 5.79. The number of aliphatic imine (C=N–C) groups is 2. The Morgan fingerprint density at radius 2 is 1.59 bits per heavy atom. The summed E-state index contributed by atoms with van der Waals surface area (Å²) < 4.78 is 8.80. The summed E-state index contributed by atoms with van der Waals surface area (Å²) >= 11 is 3.52. The van der Waals surface area contributed by atoms with Crippen LogP contribution < -0.4 is 10.2 Å². The molecule has 7 nitrogen and oxygen atoms in total. The van der Waals surface area contributed by atoms with Crippen molar-refractivity contribution in [3.05, 3.63) is 118 Å². The largest absolute Gasteiger partial charge is 0.452 e. The fourth-order valence-electron chi connectivity index (χ4n) is 5.47. The minimum atomic E-state index is -0.302. The molecule has 0 saturated carbocycles. The molecular formula is C31H25BrN6O. The van der Waals surface area contributed by atoms with Gasteiger partial charge in [0, 0.05) is 5.69 Å². The zero-order valence-corrected chi connectivity index (χ0v) is 23.3. The number of para-hydroxylation sites is 3. The van der Waals surface area contributed by atoms with Crippen LogP contribution in [0.25, 0.3) is 5.69 Å². The molecule has 0 fully saturated rings. The molecule has 0 radical (unpaired) electrons. The number of nitrogens with zero attached hydrogens (tertiary/aromatic N) is 5. The van der Waals surface area contributed by atoms with Crippen molar-refractivity contribution in [2.45, 2.75) is 26.8 Å². The summed E-state index contributed by atoms with van der Waals surface area (Å²) in [7, 11) is 0. The van der Waals surface area contributed by atoms with E-state index in [1.165, 1.54) is 11.1 Å². The van der Waals surface area contributed by atoms with Gasteiger partial charge in [0.05, 0.1) is 28.3 Å². The van der Waals surface area contributed by atoms with Crippen LogP contribution in [-0.2, 0) is 0 Å². The van der Waals surface area contributed by atoms with Crippen molar-refractivity contribution in [1.82, 2.24) is 9.78 Å². The molecule has 5 aromatic rings. The molecule has 7 rings (SSSR count). The lowest BCUT2D eigenvalue weighted by Gasteiger charge is -2.39. The van der Waals surface area contributed by atoms with Crippen LogP contribution >= 0.6 is 15.9 Å². The molecule has 0 amide bonds. The second kappa shape index (κ2) is 9.10. The van der Waals surface area contributed by atoms with Gasteiger partial charge < -0.3 is 14.6 Å². The standard InChI is InChI=1S/C31H25BrN6O/c1-18-15-19(2)17-21(16-18)33-29-31-35-30-27(20(3)36-38(30)22-9-5-4-6-10-22)28(25-13-14-26(32)39-25)37(31)24-12-8-7-11-23(24)34-29/h4-17,28H,1-3H3,(H,33,34)/t28-/m0/s1. The van der Waals surface area contributed by atoms with Gasteiger partial charge in [-0.2, -0.15) is 5.10 Å². The van der Waals surface area contributed by atoms with Crippen molar-refractivity contribution in [2.24, 2.45) is 9.98 Å². The number of nitrogens with one attached hydrogen (secondary N) is 1. The van der Waals surface area contributed by atoms with Crippen molar-refractivity contribution in [1.29, 1.82) is 0 Å². The summed E-state index contributed by atoms with van der Waals surface area (Å²) in [5.74, 6) is 2.92. The number of benzene rings is 3. The van der Waals surface area contributed by atoms with Gasteiger partial charge in [0.2, 0.25) is 0 Å². The van der Waals surface area contributed by atoms with Crippen LogP contribution in [0.1, 0.15) is 34.2 Å². The van der Waals surface area contributed by atoms with Crippen LogP contribution in [0.4, 0.5) is 22.9 Å². The average molecular weight is 577 g/mol. The zero-order valence-electron chi connectivity index (χ0n) is 21.7. The Morgan fingerprint density at radius 3 is 2.33 bits per heavy atom. The fraction of sp³-hybridized carbons (Fsp3) is 0.129. The molecule has 2 aromatic heterocycles. The number of furan rings is 1. The number of rotatable bonds is 3. The number of hydrogen-bond donors (Lipinski definition) is 1. The first-order valence-electron chi connectivity index (χ1n) is 12.8. The van der Waals surface area contributed by atoms with Crippen LogP contribution in [0.5, 0.6) is 0 Å². The van der Waals surface area contributed by atoms with E-state index in [1.807, 2.05) is 72.3 Å². The third-order valence-electron chi connectivity index (χ3n) is 6.99. The third-order valence-corrected chi connectivity index (χ3v) is 7.41. The molecule has 39 heavy (non-hydrogen) atoms. The van der Waals surface area contributed by atoms with Crippen LogP contribution in [0.2, 0.25) is 0 Å². The predicted molar refractivity (Wildman–Crippen MR) is 159 cm³/mol. The van der Waals surface area contributed by atoms with E-state index in [0.29, 0.717) is 16.3 Å². The minimum Gasteiger partial charge on any atom is -0.452 e. The van der Waals surface area contributed by atoms with Crippen molar-refractivity contribution >= 4 is 50.5 Å². The van der Waals surface area contributed by atoms with E-state index in [2.05, 4.69) is 64.3 Å². The Morgan fingerprint density at radius 1 is 0.846 bits per heavy atom. The molecule has 2 aliphatic heterocycles. The van der Waals surface area contributed by atoms with Crippen LogP contribution in [0.3, 0.4) is 0 Å². The highest BCUT2D eigenvalue weighted by molar-refractivity contribution is 9.10. The SMILES string of the molecule is Cc1cc(C)cc(NC2=Nc3ccccc3N3C2=Nc2c(c(C)nn2-c2ccccc2)[C@@H]3c2ccc(Br)o2)c1. The number of aryl methyl sites for hydroxylation is 3. The van der Waals surface area contributed by atoms with E-state index in [0.717, 1.165) is 45.6 Å². The van der Waals surface area contributed by atoms with Crippen molar-refractivity contribution in [2.75, 3.05) is 10.2 Å². The molecule has 1 N–H and O–H groups in total. The minimum absolute atomic E-state index is 0.302. The average Bonchev–Trinajstić information content (AvgIpc) is 3.50. The first kappa shape index (κ1) is 23.7. The van der Waals surface area contributed by atoms with E-state index in [-0.39, 0.29) is 6.04 Å². The maximum Gasteiger partial charge on any atom is 0.179 e. The Hall–Kier alpha value is -4.43. The number of hydrogen-bond acceptors (Lipinski definition) is 6. The molecule has 0 spiro atoms. The van der Waals surface area contributed by atoms with Gasteiger partial charge in [0.25, 0.3) is 0 Å². The van der Waals surface area contributed by atoms with E-state index in [9.17, 15) is 0 Å². The summed E-state index contributed by atoms with van der Waals surface area (Å²) in [6.45, 7) is 6.22. The molecule has 1 atom stereocenters. The Balaban J connectivity index is 1.49. The van der Waals surface area contributed by atoms with Gasteiger partial charge in [-0.15, -0.1) is 0 Å². The summed E-state index contributed by atoms with van der Waals surface area (Å²) in [6.07, 6.45) is 0. The molecule has 192 valence electrons. The second-order valence-corrected chi connectivity index (χ2v) is 10.7. The van der Waals surface area contributed by atoms with E-state index < -0.39 is 0 Å². The van der Waals surface area contributed by atoms with Gasteiger partial charge in [-0.25, -0.2) is 14.7 Å². The molecule has 0 unspecified atom stereocenters. The van der Waals surface area contributed by atoms with E-state index in [4.69, 9.17) is 19.5 Å². The number of anilines is 2. The smallest absolute Gasteiger partial charge is 0.179 e. The van der Waals surface area contributed by atoms with Crippen molar-refractivity contribution < 1.29 is 4.42 Å². The number of aromatic nitrogens is 2. The quantitative estimate of drug-likeness (QED) is 0.236. The van der Waals surface area contributed by atoms with Gasteiger partial charge in [-0.05, 0) is 96.4 Å². The lowest BCUT2D eigenvalue weighted by molar-refractivity contribution is 0.468. The predicted octanol–water partition coefficient (Wildman–Crippen LogP) is 7.95. The topological polar surface area (TPSA) is 71.0 Å². The first-order valence-corrected chi connectivity index (χ1v) is 13.6. The van der Waals surface area contributed by atoms with Crippen LogP contribution in [0.15, 0.2) is 104 Å². The van der Waals surface area contributed by atoms with Crippen LogP contribution in [0, 0.1) is 20.8 Å². The number of halogens is 1. The highest BCUT2D eigenvalue weighted by Crippen LogP contribution is 2.48. The Kier molecular flexibility index (Phi) is 5.52. The summed E-state index contributed by atoms with van der Waals surface area (Å²) in [5.41, 5.74) is 7.95. The molecule has 3 aromatic carbocycles. The summed E-state index contributed by atoms with van der Waals surface area (Å²) in [4.78, 5) is 12.5. The van der Waals surface area contributed by atoms with Gasteiger partial charge in [-0.3, -0.25) is 0 Å². The molecule has 4 heterocycles. The maximum atomic E-state index is 6.22. The monoisotopic (exact) mass is 576 g/mol. The number of amidine groups is 2. The lowest BCUT2D eigenvalue weighted by atomic mass is 9.97. The summed E-state index contributed by atoms with van der Waals surface area (Å²) in [6, 6.07) is 28.3. The van der Waals surface area contributed by atoms with Gasteiger partial charge in [0.1, 0.15) is 11.8 Å². The summed E-state index contributed by atoms with van der Waals surface area (Å²) in [5, 5.41) is 8.55.